The molecule has 0 bridgehead atoms. The molecule has 192 valence electrons. The van der Waals surface area contributed by atoms with Crippen LogP contribution in [0.25, 0.3) is 27.9 Å². The second-order valence-electron chi connectivity index (χ2n) is 9.41. The zero-order valence-corrected chi connectivity index (χ0v) is 22.0. The van der Waals surface area contributed by atoms with E-state index >= 15 is 0 Å². The van der Waals surface area contributed by atoms with Crippen LogP contribution in [0.3, 0.4) is 0 Å². The van der Waals surface area contributed by atoms with Crippen LogP contribution >= 0.6 is 11.3 Å². The summed E-state index contributed by atoms with van der Waals surface area (Å²) in [6, 6.07) is 15.4. The first kappa shape index (κ1) is 24.1. The number of ether oxygens (including phenoxy) is 1. The third-order valence-electron chi connectivity index (χ3n) is 6.86. The molecule has 9 heteroatoms. The van der Waals surface area contributed by atoms with E-state index in [1.165, 1.54) is 11.3 Å². The number of benzene rings is 2. The summed E-state index contributed by atoms with van der Waals surface area (Å²) >= 11 is 1.44. The Morgan fingerprint density at radius 2 is 1.82 bits per heavy atom. The van der Waals surface area contributed by atoms with Gasteiger partial charge in [-0.2, -0.15) is 0 Å². The molecule has 1 aliphatic carbocycles. The van der Waals surface area contributed by atoms with Crippen molar-refractivity contribution in [3.05, 3.63) is 75.7 Å². The summed E-state index contributed by atoms with van der Waals surface area (Å²) in [4.78, 5) is 37.6. The Balaban J connectivity index is 1.52. The number of carbonyl (C=O) groups is 2. The zero-order chi connectivity index (χ0) is 26.4. The largest absolute Gasteiger partial charge is 0.462 e. The van der Waals surface area contributed by atoms with Gasteiger partial charge in [-0.1, -0.05) is 24.3 Å². The number of carbonyl (C=O) groups excluding carboxylic acids is 2. The molecule has 8 nitrogen and oxygen atoms in total. The normalized spacial score (nSPS) is 13.0. The molecule has 1 aliphatic rings. The number of para-hydroxylation sites is 2. The van der Waals surface area contributed by atoms with Crippen molar-refractivity contribution >= 4 is 56.2 Å². The number of fused-ring (bicyclic) bond motifs is 3. The highest BCUT2D eigenvalue weighted by Gasteiger charge is 2.30. The van der Waals surface area contributed by atoms with E-state index in [1.807, 2.05) is 55.5 Å². The van der Waals surface area contributed by atoms with Gasteiger partial charge in [0.15, 0.2) is 5.65 Å². The fraction of sp³-hybridized carbons (Fsp3) is 0.241. The van der Waals surface area contributed by atoms with E-state index in [4.69, 9.17) is 20.4 Å². The van der Waals surface area contributed by atoms with Gasteiger partial charge in [-0.15, -0.1) is 11.3 Å². The van der Waals surface area contributed by atoms with Crippen LogP contribution in [0.4, 0.5) is 10.8 Å². The van der Waals surface area contributed by atoms with Gasteiger partial charge in [0.25, 0.3) is 5.91 Å². The summed E-state index contributed by atoms with van der Waals surface area (Å²) in [6.45, 7) is 4.03. The van der Waals surface area contributed by atoms with E-state index in [0.717, 1.165) is 47.4 Å². The van der Waals surface area contributed by atoms with Gasteiger partial charge in [-0.25, -0.2) is 14.8 Å². The van der Waals surface area contributed by atoms with Gasteiger partial charge in [0, 0.05) is 10.6 Å². The number of hydrogen-bond donors (Lipinski definition) is 2. The molecule has 0 radical (unpaired) electrons. The number of nitrogen functional groups attached to an aromatic ring is 1. The molecule has 0 unspecified atom stereocenters. The number of thiophene rings is 1. The smallest absolute Gasteiger partial charge is 0.341 e. The number of nitrogens with one attached hydrogen (secondary N) is 1. The molecule has 38 heavy (non-hydrogen) atoms. The summed E-state index contributed by atoms with van der Waals surface area (Å²) in [6.07, 6.45) is 3.74. The maximum atomic E-state index is 13.9. The number of esters is 1. The number of anilines is 2. The van der Waals surface area contributed by atoms with Gasteiger partial charge in [0.1, 0.15) is 21.9 Å². The monoisotopic (exact) mass is 525 g/mol. The highest BCUT2D eigenvalue weighted by atomic mass is 32.1. The Morgan fingerprint density at radius 3 is 2.58 bits per heavy atom. The lowest BCUT2D eigenvalue weighted by Crippen LogP contribution is -2.17. The summed E-state index contributed by atoms with van der Waals surface area (Å²) in [5, 5.41) is 3.49. The average molecular weight is 526 g/mol. The van der Waals surface area contributed by atoms with E-state index in [-0.39, 0.29) is 18.0 Å². The summed E-state index contributed by atoms with van der Waals surface area (Å²) in [5.74, 6) is -0.617. The SMILES string of the molecule is CCOC(=O)c1c(NC(=O)c2c(N)n(-c3cccc(C)c3)c3nc4ccccc4nc23)sc2c1CCCC2. The Labute approximate surface area is 223 Å². The second kappa shape index (κ2) is 9.57. The van der Waals surface area contributed by atoms with E-state index in [0.29, 0.717) is 32.8 Å². The third-order valence-corrected chi connectivity index (χ3v) is 8.07. The van der Waals surface area contributed by atoms with Gasteiger partial charge >= 0.3 is 5.97 Å². The van der Waals surface area contributed by atoms with E-state index < -0.39 is 11.9 Å². The first-order valence-electron chi connectivity index (χ1n) is 12.7. The van der Waals surface area contributed by atoms with Crippen molar-refractivity contribution in [2.24, 2.45) is 0 Å². The minimum atomic E-state index is -0.437. The minimum Gasteiger partial charge on any atom is -0.462 e. The first-order chi connectivity index (χ1) is 18.5. The van der Waals surface area contributed by atoms with Crippen LogP contribution in [0.5, 0.6) is 0 Å². The molecule has 3 aromatic heterocycles. The Hall–Kier alpha value is -4.24. The Morgan fingerprint density at radius 1 is 1.05 bits per heavy atom. The van der Waals surface area contributed by atoms with Crippen molar-refractivity contribution in [1.29, 1.82) is 0 Å². The molecule has 0 saturated carbocycles. The molecule has 0 atom stereocenters. The predicted molar refractivity (Wildman–Crippen MR) is 150 cm³/mol. The fourth-order valence-corrected chi connectivity index (χ4v) is 6.43. The Bertz CT molecular complexity index is 1740. The van der Waals surface area contributed by atoms with Crippen LogP contribution in [0.1, 0.15) is 56.5 Å². The quantitative estimate of drug-likeness (QED) is 0.279. The molecule has 3 N–H and O–H groups in total. The van der Waals surface area contributed by atoms with Crippen molar-refractivity contribution in [1.82, 2.24) is 14.5 Å². The van der Waals surface area contributed by atoms with Crippen molar-refractivity contribution in [3.63, 3.8) is 0 Å². The number of hydrogen-bond acceptors (Lipinski definition) is 7. The average Bonchev–Trinajstić information content (AvgIpc) is 3.40. The standard InChI is InChI=1S/C29H27N5O3S/c1-3-37-29(36)22-18-11-4-7-14-21(18)38-28(22)33-27(35)23-24-26(32-20-13-6-5-12-19(20)31-24)34(25(23)30)17-10-8-9-16(2)15-17/h5-6,8-10,12-13,15H,3-4,7,11,14,30H2,1-2H3,(H,33,35). The van der Waals surface area contributed by atoms with Crippen LogP contribution in [-0.2, 0) is 17.6 Å². The number of aryl methyl sites for hydroxylation is 2. The first-order valence-corrected chi connectivity index (χ1v) is 13.5. The van der Waals surface area contributed by atoms with E-state index in [9.17, 15) is 9.59 Å². The van der Waals surface area contributed by atoms with E-state index in [2.05, 4.69) is 5.32 Å². The van der Waals surface area contributed by atoms with Gasteiger partial charge in [-0.05, 0) is 74.9 Å². The number of nitrogens with two attached hydrogens (primary N) is 1. The zero-order valence-electron chi connectivity index (χ0n) is 21.2. The van der Waals surface area contributed by atoms with E-state index in [1.54, 1.807) is 11.5 Å². The maximum absolute atomic E-state index is 13.9. The van der Waals surface area contributed by atoms with Gasteiger partial charge in [-0.3, -0.25) is 9.36 Å². The lowest BCUT2D eigenvalue weighted by Gasteiger charge is -2.12. The number of rotatable bonds is 5. The van der Waals surface area contributed by atoms with Crippen molar-refractivity contribution < 1.29 is 14.3 Å². The molecule has 3 heterocycles. The topological polar surface area (TPSA) is 112 Å². The molecule has 1 amide bonds. The van der Waals surface area contributed by atoms with Crippen LogP contribution in [-0.4, -0.2) is 33.0 Å². The summed E-state index contributed by atoms with van der Waals surface area (Å²) < 4.78 is 7.13. The third kappa shape index (κ3) is 3.99. The summed E-state index contributed by atoms with van der Waals surface area (Å²) in [5.41, 5.74) is 12.4. The van der Waals surface area contributed by atoms with Gasteiger partial charge < -0.3 is 15.8 Å². The molecule has 0 spiro atoms. The van der Waals surface area contributed by atoms with Gasteiger partial charge in [0.2, 0.25) is 0 Å². The van der Waals surface area contributed by atoms with Crippen molar-refractivity contribution in [2.75, 3.05) is 17.7 Å². The highest BCUT2D eigenvalue weighted by Crippen LogP contribution is 2.40. The molecule has 2 aromatic carbocycles. The summed E-state index contributed by atoms with van der Waals surface area (Å²) in [7, 11) is 0. The van der Waals surface area contributed by atoms with Gasteiger partial charge in [0.05, 0.1) is 23.2 Å². The molecule has 0 aliphatic heterocycles. The predicted octanol–water partition coefficient (Wildman–Crippen LogP) is 5.83. The molecule has 5 aromatic rings. The van der Waals surface area contributed by atoms with Crippen LogP contribution < -0.4 is 11.1 Å². The lowest BCUT2D eigenvalue weighted by molar-refractivity contribution is 0.0526. The number of nitrogens with zero attached hydrogens (tertiary/aromatic N) is 3. The van der Waals surface area contributed by atoms with Crippen molar-refractivity contribution in [3.8, 4) is 5.69 Å². The number of amides is 1. The molecule has 6 rings (SSSR count). The minimum absolute atomic E-state index is 0.223. The second-order valence-corrected chi connectivity index (χ2v) is 10.5. The molecular weight excluding hydrogens is 498 g/mol. The fourth-order valence-electron chi connectivity index (χ4n) is 5.15. The molecule has 0 fully saturated rings. The number of aromatic nitrogens is 3. The maximum Gasteiger partial charge on any atom is 0.341 e. The van der Waals surface area contributed by atoms with Crippen LogP contribution in [0.15, 0.2) is 48.5 Å². The molecular formula is C29H27N5O3S. The Kier molecular flexibility index (Phi) is 6.07. The van der Waals surface area contributed by atoms with Crippen LogP contribution in [0, 0.1) is 6.92 Å². The highest BCUT2D eigenvalue weighted by molar-refractivity contribution is 7.17. The van der Waals surface area contributed by atoms with Crippen LogP contribution in [0.2, 0.25) is 0 Å². The lowest BCUT2D eigenvalue weighted by atomic mass is 9.95. The molecule has 0 saturated heterocycles. The van der Waals surface area contributed by atoms with Crippen molar-refractivity contribution in [2.45, 2.75) is 39.5 Å².